The van der Waals surface area contributed by atoms with Crippen molar-refractivity contribution in [1.29, 1.82) is 0 Å². The molecule has 3 aromatic rings. The number of nitrogens with zero attached hydrogens (tertiary/aromatic N) is 3. The highest BCUT2D eigenvalue weighted by atomic mass is 32.1. The third-order valence-corrected chi connectivity index (χ3v) is 4.76. The smallest absolute Gasteiger partial charge is 0.227 e. The predicted molar refractivity (Wildman–Crippen MR) is 86.1 cm³/mol. The Bertz CT molecular complexity index is 757. The lowest BCUT2D eigenvalue weighted by molar-refractivity contribution is -0.116. The van der Waals surface area contributed by atoms with E-state index in [1.165, 1.54) is 11.3 Å². The van der Waals surface area contributed by atoms with Gasteiger partial charge < -0.3 is 9.84 Å². The molecule has 22 heavy (non-hydrogen) atoms. The number of aryl methyl sites for hydroxylation is 3. The van der Waals surface area contributed by atoms with Crippen LogP contribution in [0.1, 0.15) is 22.9 Å². The molecule has 3 rings (SSSR count). The molecule has 0 atom stereocenters. The summed E-state index contributed by atoms with van der Waals surface area (Å²) >= 11 is 3.05. The zero-order chi connectivity index (χ0) is 15.5. The van der Waals surface area contributed by atoms with E-state index >= 15 is 0 Å². The van der Waals surface area contributed by atoms with E-state index in [0.29, 0.717) is 23.3 Å². The van der Waals surface area contributed by atoms with E-state index in [4.69, 9.17) is 4.52 Å². The lowest BCUT2D eigenvalue weighted by Crippen LogP contribution is -2.12. The summed E-state index contributed by atoms with van der Waals surface area (Å²) in [6.45, 7) is 3.90. The summed E-state index contributed by atoms with van der Waals surface area (Å²) in [5.74, 6) is 0.912. The Morgan fingerprint density at radius 2 is 2.23 bits per heavy atom. The van der Waals surface area contributed by atoms with Gasteiger partial charge in [-0.15, -0.1) is 11.3 Å². The highest BCUT2D eigenvalue weighted by Gasteiger charge is 2.12. The van der Waals surface area contributed by atoms with E-state index in [-0.39, 0.29) is 12.3 Å². The van der Waals surface area contributed by atoms with Crippen LogP contribution in [0.25, 0.3) is 11.4 Å². The van der Waals surface area contributed by atoms with E-state index in [0.717, 1.165) is 16.1 Å². The van der Waals surface area contributed by atoms with Crippen LogP contribution < -0.4 is 5.32 Å². The molecule has 1 amide bonds. The van der Waals surface area contributed by atoms with Gasteiger partial charge in [0.2, 0.25) is 17.6 Å². The molecule has 1 N–H and O–H groups in total. The topological polar surface area (TPSA) is 80.9 Å². The molecule has 0 unspecified atom stereocenters. The zero-order valence-electron chi connectivity index (χ0n) is 12.1. The number of carbonyl (C=O) groups is 1. The summed E-state index contributed by atoms with van der Waals surface area (Å²) in [6.07, 6.45) is 0.690. The Kier molecular flexibility index (Phi) is 4.30. The number of anilines is 1. The maximum Gasteiger partial charge on any atom is 0.227 e. The first-order valence-electron chi connectivity index (χ1n) is 6.71. The van der Waals surface area contributed by atoms with Crippen LogP contribution in [0.5, 0.6) is 0 Å². The summed E-state index contributed by atoms with van der Waals surface area (Å²) in [5, 5.41) is 11.2. The van der Waals surface area contributed by atoms with Crippen molar-refractivity contribution in [3.8, 4) is 11.4 Å². The molecule has 0 fully saturated rings. The number of hydrogen-bond acceptors (Lipinski definition) is 7. The summed E-state index contributed by atoms with van der Waals surface area (Å²) in [7, 11) is 0. The minimum absolute atomic E-state index is 0.107. The van der Waals surface area contributed by atoms with Gasteiger partial charge in [-0.25, -0.2) is 4.98 Å². The Labute approximate surface area is 135 Å². The molecule has 6 nitrogen and oxygen atoms in total. The van der Waals surface area contributed by atoms with E-state index < -0.39 is 0 Å². The summed E-state index contributed by atoms with van der Waals surface area (Å²) in [4.78, 5) is 21.6. The molecule has 3 heterocycles. The van der Waals surface area contributed by atoms with Crippen molar-refractivity contribution in [2.45, 2.75) is 26.7 Å². The number of thiophene rings is 1. The van der Waals surface area contributed by atoms with Crippen molar-refractivity contribution in [2.24, 2.45) is 0 Å². The van der Waals surface area contributed by atoms with Gasteiger partial charge in [0.15, 0.2) is 5.13 Å². The number of carbonyl (C=O) groups excluding carboxylic acids is 1. The number of thiazole rings is 1. The van der Waals surface area contributed by atoms with Gasteiger partial charge in [0.05, 0.1) is 5.69 Å². The molecule has 114 valence electrons. The standard InChI is InChI=1S/C14H14N4O2S2/c1-8-9(2)22-14(15-8)16-11(19)3-4-12-17-13(18-20-12)10-5-6-21-7-10/h5-7H,3-4H2,1-2H3,(H,15,16,19). The quantitative estimate of drug-likeness (QED) is 0.773. The van der Waals surface area contributed by atoms with Crippen molar-refractivity contribution in [3.05, 3.63) is 33.3 Å². The van der Waals surface area contributed by atoms with Gasteiger partial charge in [0.25, 0.3) is 0 Å². The molecule has 0 aliphatic carbocycles. The summed E-state index contributed by atoms with van der Waals surface area (Å²) in [5.41, 5.74) is 1.87. The molecule has 0 saturated carbocycles. The van der Waals surface area contributed by atoms with E-state index in [2.05, 4.69) is 20.4 Å². The van der Waals surface area contributed by atoms with Gasteiger partial charge in [-0.05, 0) is 25.3 Å². The van der Waals surface area contributed by atoms with Gasteiger partial charge in [-0.1, -0.05) is 5.16 Å². The monoisotopic (exact) mass is 334 g/mol. The number of hydrogen-bond donors (Lipinski definition) is 1. The van der Waals surface area contributed by atoms with Gasteiger partial charge in [0.1, 0.15) is 0 Å². The van der Waals surface area contributed by atoms with E-state index in [9.17, 15) is 4.79 Å². The normalized spacial score (nSPS) is 10.8. The second-order valence-corrected chi connectivity index (χ2v) is 6.72. The van der Waals surface area contributed by atoms with Crippen molar-refractivity contribution < 1.29 is 9.32 Å². The number of rotatable bonds is 5. The molecule has 8 heteroatoms. The van der Waals surface area contributed by atoms with Crippen LogP contribution in [0.15, 0.2) is 21.3 Å². The first-order chi connectivity index (χ1) is 10.6. The van der Waals surface area contributed by atoms with E-state index in [1.54, 1.807) is 11.3 Å². The molecule has 0 aromatic carbocycles. The number of aromatic nitrogens is 3. The van der Waals surface area contributed by atoms with Gasteiger partial charge in [0, 0.05) is 28.7 Å². The van der Waals surface area contributed by atoms with Crippen molar-refractivity contribution in [1.82, 2.24) is 15.1 Å². The van der Waals surface area contributed by atoms with Crippen molar-refractivity contribution >= 4 is 33.7 Å². The van der Waals surface area contributed by atoms with Crippen LogP contribution in [0, 0.1) is 13.8 Å². The van der Waals surface area contributed by atoms with Crippen LogP contribution in [0.2, 0.25) is 0 Å². The van der Waals surface area contributed by atoms with Crippen molar-refractivity contribution in [3.63, 3.8) is 0 Å². The maximum absolute atomic E-state index is 11.9. The van der Waals surface area contributed by atoms with Gasteiger partial charge in [-0.2, -0.15) is 16.3 Å². The molecule has 0 aliphatic heterocycles. The van der Waals surface area contributed by atoms with Crippen molar-refractivity contribution in [2.75, 3.05) is 5.32 Å². The fourth-order valence-electron chi connectivity index (χ4n) is 1.79. The van der Waals surface area contributed by atoms with Gasteiger partial charge in [-0.3, -0.25) is 4.79 Å². The van der Waals surface area contributed by atoms with E-state index in [1.807, 2.05) is 30.7 Å². The zero-order valence-corrected chi connectivity index (χ0v) is 13.8. The molecule has 0 bridgehead atoms. The lowest BCUT2D eigenvalue weighted by Gasteiger charge is -1.98. The molecule has 0 aliphatic rings. The van der Waals surface area contributed by atoms with Gasteiger partial charge >= 0.3 is 0 Å². The maximum atomic E-state index is 11.9. The fourth-order valence-corrected chi connectivity index (χ4v) is 3.26. The van der Waals surface area contributed by atoms with Crippen LogP contribution in [-0.2, 0) is 11.2 Å². The third kappa shape index (κ3) is 3.40. The van der Waals surface area contributed by atoms with Crippen LogP contribution in [0.4, 0.5) is 5.13 Å². The molecule has 0 radical (unpaired) electrons. The highest BCUT2D eigenvalue weighted by Crippen LogP contribution is 2.22. The second kappa shape index (κ2) is 6.37. The summed E-state index contributed by atoms with van der Waals surface area (Å²) in [6, 6.07) is 1.93. The highest BCUT2D eigenvalue weighted by molar-refractivity contribution is 7.15. The minimum Gasteiger partial charge on any atom is -0.339 e. The minimum atomic E-state index is -0.107. The van der Waals surface area contributed by atoms with Crippen LogP contribution in [0.3, 0.4) is 0 Å². The number of amides is 1. The first-order valence-corrected chi connectivity index (χ1v) is 8.47. The third-order valence-electron chi connectivity index (χ3n) is 3.09. The Morgan fingerprint density at radius 3 is 2.91 bits per heavy atom. The average molecular weight is 334 g/mol. The Morgan fingerprint density at radius 1 is 1.36 bits per heavy atom. The molecular formula is C14H14N4O2S2. The summed E-state index contributed by atoms with van der Waals surface area (Å²) < 4.78 is 5.16. The molecular weight excluding hydrogens is 320 g/mol. The largest absolute Gasteiger partial charge is 0.339 e. The fraction of sp³-hybridized carbons (Fsp3) is 0.286. The molecule has 3 aromatic heterocycles. The Hall–Kier alpha value is -2.06. The molecule has 0 spiro atoms. The van der Waals surface area contributed by atoms with Crippen LogP contribution in [-0.4, -0.2) is 21.0 Å². The predicted octanol–water partition coefficient (Wildman–Crippen LogP) is 3.44. The SMILES string of the molecule is Cc1nc(NC(=O)CCc2nc(-c3ccsc3)no2)sc1C. The van der Waals surface area contributed by atoms with Crippen LogP contribution >= 0.6 is 22.7 Å². The second-order valence-electron chi connectivity index (χ2n) is 4.73. The first kappa shape index (κ1) is 14.9. The average Bonchev–Trinajstić information content (AvgIpc) is 3.19. The molecule has 0 saturated heterocycles. The lowest BCUT2D eigenvalue weighted by atomic mass is 10.3. The Balaban J connectivity index is 1.55. The number of nitrogens with one attached hydrogen (secondary N) is 1.